The second-order valence-electron chi connectivity index (χ2n) is 8.58. The third-order valence-corrected chi connectivity index (χ3v) is 6.94. The lowest BCUT2D eigenvalue weighted by Gasteiger charge is -2.35. The van der Waals surface area contributed by atoms with E-state index in [-0.39, 0.29) is 22.6 Å². The number of alkyl halides is 3. The van der Waals surface area contributed by atoms with Gasteiger partial charge in [-0.05, 0) is 59.8 Å². The monoisotopic (exact) mass is 588 g/mol. The molecule has 1 fully saturated rings. The van der Waals surface area contributed by atoms with Crippen molar-refractivity contribution in [1.82, 2.24) is 14.5 Å². The fourth-order valence-corrected chi connectivity index (χ4v) is 4.88. The van der Waals surface area contributed by atoms with Gasteiger partial charge < -0.3 is 16.0 Å². The van der Waals surface area contributed by atoms with E-state index in [1.165, 1.54) is 31.4 Å². The molecule has 1 aromatic carbocycles. The molecule has 0 spiro atoms. The zero-order valence-corrected chi connectivity index (χ0v) is 21.3. The first-order chi connectivity index (χ1) is 16.9. The van der Waals surface area contributed by atoms with E-state index in [0.717, 1.165) is 9.37 Å². The van der Waals surface area contributed by atoms with Crippen LogP contribution in [0.4, 0.5) is 28.9 Å². The molecule has 1 amide bonds. The number of anilines is 1. The average molecular weight is 590 g/mol. The van der Waals surface area contributed by atoms with Crippen LogP contribution in [0.15, 0.2) is 46.1 Å². The van der Waals surface area contributed by atoms with E-state index in [0.29, 0.717) is 42.5 Å². The number of nitrogens with zero attached hydrogens (tertiary/aromatic N) is 4. The molecule has 0 saturated heterocycles. The Labute approximate surface area is 217 Å². The van der Waals surface area contributed by atoms with Crippen molar-refractivity contribution in [3.05, 3.63) is 57.5 Å². The zero-order valence-electron chi connectivity index (χ0n) is 19.0. The van der Waals surface area contributed by atoms with Gasteiger partial charge in [0, 0.05) is 35.9 Å². The molecule has 4 rings (SSSR count). The lowest BCUT2D eigenvalue weighted by atomic mass is 9.90. The molecule has 0 aliphatic heterocycles. The Balaban J connectivity index is 1.60. The van der Waals surface area contributed by atoms with Gasteiger partial charge in [0.05, 0.1) is 33.7 Å². The summed E-state index contributed by atoms with van der Waals surface area (Å²) in [6.45, 7) is 0. The Kier molecular flexibility index (Phi) is 7.46. The summed E-state index contributed by atoms with van der Waals surface area (Å²) in [6.07, 6.45) is 0.251. The number of nitrogens with two attached hydrogens (primary N) is 1. The predicted molar refractivity (Wildman–Crippen MR) is 133 cm³/mol. The molecular weight excluding hydrogens is 568 g/mol. The fourth-order valence-electron chi connectivity index (χ4n) is 4.31. The summed E-state index contributed by atoms with van der Waals surface area (Å²) >= 11 is 9.57. The molecule has 1 saturated carbocycles. The van der Waals surface area contributed by atoms with Gasteiger partial charge in [-0.1, -0.05) is 11.6 Å². The highest BCUT2D eigenvalue weighted by atomic mass is 79.9. The fraction of sp³-hybridized carbons (Fsp3) is 0.348. The molecule has 2 heterocycles. The summed E-state index contributed by atoms with van der Waals surface area (Å²) in [6, 6.07) is 5.00. The van der Waals surface area contributed by atoms with E-state index < -0.39 is 23.9 Å². The van der Waals surface area contributed by atoms with Gasteiger partial charge in [-0.15, -0.1) is 0 Å². The smallest absolute Gasteiger partial charge is 0.383 e. The van der Waals surface area contributed by atoms with Gasteiger partial charge in [-0.2, -0.15) is 18.3 Å². The van der Waals surface area contributed by atoms with Crippen molar-refractivity contribution >= 4 is 56.2 Å². The average Bonchev–Trinajstić information content (AvgIpc) is 3.21. The molecule has 0 unspecified atom stereocenters. The number of hydrogen-bond donors (Lipinski definition) is 2. The molecule has 1 aliphatic rings. The normalized spacial score (nSPS) is 18.9. The minimum Gasteiger partial charge on any atom is -0.383 e. The van der Waals surface area contributed by atoms with Crippen LogP contribution in [0.3, 0.4) is 0 Å². The summed E-state index contributed by atoms with van der Waals surface area (Å²) in [5, 5.41) is 8.03. The summed E-state index contributed by atoms with van der Waals surface area (Å²) in [5.74, 6) is -2.30. The molecular formula is C23H22BrClF4N6O. The molecule has 13 heteroatoms. The van der Waals surface area contributed by atoms with Crippen molar-refractivity contribution in [3.63, 3.8) is 0 Å². The second-order valence-corrected chi connectivity index (χ2v) is 9.90. The molecule has 2 aromatic heterocycles. The number of rotatable bonds is 5. The van der Waals surface area contributed by atoms with Crippen LogP contribution in [0.1, 0.15) is 31.2 Å². The van der Waals surface area contributed by atoms with Crippen LogP contribution in [0.25, 0.3) is 5.52 Å². The number of carbonyl (C=O) groups excluding carboxylic acids is 1. The molecule has 7 nitrogen and oxygen atoms in total. The molecule has 3 N–H and O–H groups in total. The van der Waals surface area contributed by atoms with E-state index >= 15 is 0 Å². The maximum Gasteiger partial charge on any atom is 0.471 e. The Bertz CT molecular complexity index is 1320. The van der Waals surface area contributed by atoms with Crippen LogP contribution in [0.5, 0.6) is 0 Å². The zero-order chi connectivity index (χ0) is 26.2. The highest BCUT2D eigenvalue weighted by Gasteiger charge is 2.43. The Morgan fingerprint density at radius 3 is 2.64 bits per heavy atom. The van der Waals surface area contributed by atoms with Crippen LogP contribution in [0.2, 0.25) is 5.02 Å². The number of nitrogens with one attached hydrogen (secondary N) is 1. The summed E-state index contributed by atoms with van der Waals surface area (Å²) < 4.78 is 54.6. The van der Waals surface area contributed by atoms with Crippen LogP contribution >= 0.6 is 27.5 Å². The number of amidine groups is 1. The first kappa shape index (κ1) is 26.2. The standard InChI is InChI=1S/C23H22BrClF4N6O/c1-34(22(36)23(27,28)29)15-5-3-14(4-6-15)32-20-16(10-31-35-11-12(24)8-19(20)35)21(30)33-18-9-13(26)2-7-17(18)25/h2,7-11,14-15,32H,3-6H2,1H3,(H2,30,33)/t14-,15-. The van der Waals surface area contributed by atoms with Gasteiger partial charge in [0.2, 0.25) is 0 Å². The molecule has 0 radical (unpaired) electrons. The van der Waals surface area contributed by atoms with Crippen molar-refractivity contribution in [2.45, 2.75) is 43.9 Å². The van der Waals surface area contributed by atoms with Crippen molar-refractivity contribution in [1.29, 1.82) is 0 Å². The number of fused-ring (bicyclic) bond motifs is 1. The molecule has 0 bridgehead atoms. The maximum absolute atomic E-state index is 13.7. The Hall–Kier alpha value is -2.86. The Morgan fingerprint density at radius 1 is 1.28 bits per heavy atom. The Morgan fingerprint density at radius 2 is 1.97 bits per heavy atom. The number of benzene rings is 1. The van der Waals surface area contributed by atoms with E-state index in [2.05, 4.69) is 31.3 Å². The quantitative estimate of drug-likeness (QED) is 0.228. The maximum atomic E-state index is 13.7. The molecule has 0 atom stereocenters. The lowest BCUT2D eigenvalue weighted by Crippen LogP contribution is -2.47. The SMILES string of the molecule is CN(C(=O)C(F)(F)F)[C@H]1CC[C@H](Nc2c(/C(N)=N/c3cc(F)ccc3Cl)cnn3cc(Br)cc23)CC1. The van der Waals surface area contributed by atoms with Gasteiger partial charge in [-0.3, -0.25) is 4.79 Å². The van der Waals surface area contributed by atoms with E-state index in [1.807, 2.05) is 6.07 Å². The van der Waals surface area contributed by atoms with Crippen molar-refractivity contribution in [2.75, 3.05) is 12.4 Å². The number of aliphatic imine (C=N–C) groups is 1. The molecule has 3 aromatic rings. The van der Waals surface area contributed by atoms with Crippen molar-refractivity contribution in [3.8, 4) is 0 Å². The van der Waals surface area contributed by atoms with Gasteiger partial charge in [-0.25, -0.2) is 13.9 Å². The number of amides is 1. The first-order valence-corrected chi connectivity index (χ1v) is 12.2. The van der Waals surface area contributed by atoms with Crippen LogP contribution < -0.4 is 11.1 Å². The van der Waals surface area contributed by atoms with Crippen molar-refractivity contribution in [2.24, 2.45) is 10.7 Å². The van der Waals surface area contributed by atoms with Gasteiger partial charge in [0.25, 0.3) is 0 Å². The van der Waals surface area contributed by atoms with Crippen molar-refractivity contribution < 1.29 is 22.4 Å². The number of hydrogen-bond acceptors (Lipinski definition) is 4. The number of carbonyl (C=O) groups is 1. The molecule has 1 aliphatic carbocycles. The summed E-state index contributed by atoms with van der Waals surface area (Å²) in [4.78, 5) is 16.7. The summed E-state index contributed by atoms with van der Waals surface area (Å²) in [7, 11) is 1.19. The second kappa shape index (κ2) is 10.3. The first-order valence-electron chi connectivity index (χ1n) is 11.0. The van der Waals surface area contributed by atoms with Crippen LogP contribution in [0, 0.1) is 5.82 Å². The largest absolute Gasteiger partial charge is 0.471 e. The van der Waals surface area contributed by atoms with E-state index in [9.17, 15) is 22.4 Å². The topological polar surface area (TPSA) is 88.0 Å². The highest BCUT2D eigenvalue weighted by Crippen LogP contribution is 2.33. The molecule has 36 heavy (non-hydrogen) atoms. The number of aromatic nitrogens is 2. The third kappa shape index (κ3) is 5.59. The minimum atomic E-state index is -4.90. The lowest BCUT2D eigenvalue weighted by molar-refractivity contribution is -0.186. The predicted octanol–water partition coefficient (Wildman–Crippen LogP) is 5.67. The molecule has 192 valence electrons. The van der Waals surface area contributed by atoms with Gasteiger partial charge in [0.1, 0.15) is 11.7 Å². The van der Waals surface area contributed by atoms with Gasteiger partial charge >= 0.3 is 12.1 Å². The number of halogens is 6. The summed E-state index contributed by atoms with van der Waals surface area (Å²) in [5.41, 5.74) is 8.23. The van der Waals surface area contributed by atoms with Crippen LogP contribution in [-0.4, -0.2) is 51.6 Å². The van der Waals surface area contributed by atoms with E-state index in [4.69, 9.17) is 17.3 Å². The third-order valence-electron chi connectivity index (χ3n) is 6.18. The highest BCUT2D eigenvalue weighted by molar-refractivity contribution is 9.10. The van der Waals surface area contributed by atoms with Gasteiger partial charge in [0.15, 0.2) is 0 Å². The minimum absolute atomic E-state index is 0.0570. The van der Waals surface area contributed by atoms with E-state index in [1.54, 1.807) is 10.7 Å². The van der Waals surface area contributed by atoms with Crippen LogP contribution in [-0.2, 0) is 4.79 Å².